The zero-order valence-electron chi connectivity index (χ0n) is 10.5. The highest BCUT2D eigenvalue weighted by molar-refractivity contribution is 5.85. The molecule has 3 rings (SSSR count). The molecule has 0 saturated heterocycles. The van der Waals surface area contributed by atoms with E-state index in [1.54, 1.807) is 19.2 Å². The molecule has 0 unspecified atom stereocenters. The Kier molecular flexibility index (Phi) is 2.77. The van der Waals surface area contributed by atoms with Gasteiger partial charge in [-0.25, -0.2) is 0 Å². The molecule has 2 aromatic heterocycles. The van der Waals surface area contributed by atoms with Gasteiger partial charge in [0.15, 0.2) is 0 Å². The lowest BCUT2D eigenvalue weighted by Gasteiger charge is -2.07. The average Bonchev–Trinajstić information content (AvgIpc) is 3.11. The second-order valence-electron chi connectivity index (χ2n) is 4.44. The highest BCUT2D eigenvalue weighted by atomic mass is 16.5. The predicted octanol–water partition coefficient (Wildman–Crippen LogP) is 1.73. The van der Waals surface area contributed by atoms with Gasteiger partial charge in [-0.1, -0.05) is 11.2 Å². The standard InChI is InChI=1S/C13H13N3O3/c1-2-18-12(17)13(6-7-13)11-15-10(16-19-11)9-5-3-4-8-14-9/h3-5,8H,2,6-7H2,1H3. The third kappa shape index (κ3) is 1.99. The second kappa shape index (κ2) is 4.46. The fraction of sp³-hybridized carbons (Fsp3) is 0.385. The Morgan fingerprint density at radius 1 is 1.47 bits per heavy atom. The summed E-state index contributed by atoms with van der Waals surface area (Å²) in [4.78, 5) is 20.3. The first-order chi connectivity index (χ1) is 9.26. The van der Waals surface area contributed by atoms with Gasteiger partial charge in [-0.3, -0.25) is 9.78 Å². The van der Waals surface area contributed by atoms with Crippen molar-refractivity contribution >= 4 is 5.97 Å². The third-order valence-electron chi connectivity index (χ3n) is 3.15. The first kappa shape index (κ1) is 11.8. The smallest absolute Gasteiger partial charge is 0.321 e. The number of hydrogen-bond acceptors (Lipinski definition) is 6. The van der Waals surface area contributed by atoms with Crippen molar-refractivity contribution in [2.75, 3.05) is 6.61 Å². The van der Waals surface area contributed by atoms with E-state index in [0.717, 1.165) is 0 Å². The summed E-state index contributed by atoms with van der Waals surface area (Å²) in [5.41, 5.74) is -0.104. The number of hydrogen-bond donors (Lipinski definition) is 0. The van der Waals surface area contributed by atoms with E-state index in [4.69, 9.17) is 9.26 Å². The topological polar surface area (TPSA) is 78.1 Å². The third-order valence-corrected chi connectivity index (χ3v) is 3.15. The fourth-order valence-corrected chi connectivity index (χ4v) is 1.92. The van der Waals surface area contributed by atoms with Crippen LogP contribution in [-0.4, -0.2) is 27.7 Å². The van der Waals surface area contributed by atoms with Crippen molar-refractivity contribution in [2.45, 2.75) is 25.2 Å². The highest BCUT2D eigenvalue weighted by Gasteiger charge is 2.57. The number of pyridine rings is 1. The van der Waals surface area contributed by atoms with Crippen molar-refractivity contribution in [3.63, 3.8) is 0 Å². The van der Waals surface area contributed by atoms with E-state index in [9.17, 15) is 4.79 Å². The molecular weight excluding hydrogens is 246 g/mol. The highest BCUT2D eigenvalue weighted by Crippen LogP contribution is 2.48. The zero-order valence-corrected chi connectivity index (χ0v) is 10.5. The second-order valence-corrected chi connectivity index (χ2v) is 4.44. The lowest BCUT2D eigenvalue weighted by molar-refractivity contribution is -0.146. The summed E-state index contributed by atoms with van der Waals surface area (Å²) in [5.74, 6) is 0.434. The van der Waals surface area contributed by atoms with Gasteiger partial charge in [0, 0.05) is 6.20 Å². The maximum atomic E-state index is 11.9. The van der Waals surface area contributed by atoms with Crippen LogP contribution in [0.5, 0.6) is 0 Å². The Morgan fingerprint density at radius 2 is 2.32 bits per heavy atom. The molecule has 0 aliphatic heterocycles. The molecule has 0 bridgehead atoms. The maximum Gasteiger partial charge on any atom is 0.321 e. The van der Waals surface area contributed by atoms with Crippen LogP contribution in [0.4, 0.5) is 0 Å². The van der Waals surface area contributed by atoms with E-state index in [1.165, 1.54) is 0 Å². The van der Waals surface area contributed by atoms with Crippen LogP contribution in [0.2, 0.25) is 0 Å². The molecule has 1 fully saturated rings. The predicted molar refractivity (Wildman–Crippen MR) is 65.1 cm³/mol. The van der Waals surface area contributed by atoms with E-state index in [0.29, 0.717) is 36.9 Å². The lowest BCUT2D eigenvalue weighted by atomic mass is 10.1. The van der Waals surface area contributed by atoms with Crippen LogP contribution in [-0.2, 0) is 14.9 Å². The summed E-state index contributed by atoms with van der Waals surface area (Å²) < 4.78 is 10.3. The minimum absolute atomic E-state index is 0.286. The van der Waals surface area contributed by atoms with E-state index in [2.05, 4.69) is 15.1 Å². The van der Waals surface area contributed by atoms with Gasteiger partial charge >= 0.3 is 5.97 Å². The molecule has 98 valence electrons. The van der Waals surface area contributed by atoms with Crippen molar-refractivity contribution in [1.29, 1.82) is 0 Å². The van der Waals surface area contributed by atoms with E-state index < -0.39 is 5.41 Å². The molecule has 0 spiro atoms. The first-order valence-electron chi connectivity index (χ1n) is 6.19. The van der Waals surface area contributed by atoms with Gasteiger partial charge in [0.1, 0.15) is 11.1 Å². The Balaban J connectivity index is 1.88. The number of carbonyl (C=O) groups is 1. The lowest BCUT2D eigenvalue weighted by Crippen LogP contribution is -2.23. The normalized spacial score (nSPS) is 16.1. The molecular formula is C13H13N3O3. The molecule has 6 heteroatoms. The summed E-state index contributed by atoms with van der Waals surface area (Å²) >= 11 is 0. The maximum absolute atomic E-state index is 11.9. The quantitative estimate of drug-likeness (QED) is 0.778. The molecule has 6 nitrogen and oxygen atoms in total. The molecule has 0 atom stereocenters. The molecule has 19 heavy (non-hydrogen) atoms. The van der Waals surface area contributed by atoms with Gasteiger partial charge in [-0.15, -0.1) is 0 Å². The van der Waals surface area contributed by atoms with Crippen molar-refractivity contribution in [2.24, 2.45) is 0 Å². The van der Waals surface area contributed by atoms with Gasteiger partial charge < -0.3 is 9.26 Å². The van der Waals surface area contributed by atoms with Gasteiger partial charge in [0.05, 0.1) is 6.61 Å². The molecule has 1 aliphatic rings. The van der Waals surface area contributed by atoms with Crippen LogP contribution in [0.3, 0.4) is 0 Å². The van der Waals surface area contributed by atoms with Crippen molar-refractivity contribution in [3.8, 4) is 11.5 Å². The van der Waals surface area contributed by atoms with Crippen LogP contribution in [0.15, 0.2) is 28.9 Å². The number of ether oxygens (including phenoxy) is 1. The van der Waals surface area contributed by atoms with Gasteiger partial charge in [0.2, 0.25) is 11.7 Å². The Labute approximate surface area is 109 Å². The molecule has 2 aromatic rings. The van der Waals surface area contributed by atoms with Crippen LogP contribution >= 0.6 is 0 Å². The summed E-state index contributed by atoms with van der Waals surface area (Å²) in [7, 11) is 0. The summed E-state index contributed by atoms with van der Waals surface area (Å²) in [6.45, 7) is 2.13. The number of aromatic nitrogens is 3. The minimum atomic E-state index is -0.726. The molecule has 1 aliphatic carbocycles. The SMILES string of the molecule is CCOC(=O)C1(c2nc(-c3ccccn3)no2)CC1. The molecule has 2 heterocycles. The van der Waals surface area contributed by atoms with E-state index >= 15 is 0 Å². The van der Waals surface area contributed by atoms with Crippen LogP contribution in [0, 0.1) is 0 Å². The molecule has 0 radical (unpaired) electrons. The first-order valence-corrected chi connectivity index (χ1v) is 6.19. The minimum Gasteiger partial charge on any atom is -0.465 e. The Bertz CT molecular complexity index is 590. The Morgan fingerprint density at radius 3 is 2.95 bits per heavy atom. The van der Waals surface area contributed by atoms with Crippen molar-refractivity contribution in [3.05, 3.63) is 30.3 Å². The molecule has 0 amide bonds. The molecule has 1 saturated carbocycles. The largest absolute Gasteiger partial charge is 0.465 e. The van der Waals surface area contributed by atoms with Crippen LogP contribution in [0.25, 0.3) is 11.5 Å². The number of esters is 1. The van der Waals surface area contributed by atoms with Crippen molar-refractivity contribution in [1.82, 2.24) is 15.1 Å². The average molecular weight is 259 g/mol. The molecule has 0 N–H and O–H groups in total. The summed E-state index contributed by atoms with van der Waals surface area (Å²) in [6, 6.07) is 5.45. The number of rotatable bonds is 4. The van der Waals surface area contributed by atoms with E-state index in [1.807, 2.05) is 12.1 Å². The van der Waals surface area contributed by atoms with Crippen LogP contribution in [0.1, 0.15) is 25.7 Å². The van der Waals surface area contributed by atoms with Gasteiger partial charge in [-0.2, -0.15) is 4.98 Å². The van der Waals surface area contributed by atoms with Gasteiger partial charge in [0.25, 0.3) is 0 Å². The summed E-state index contributed by atoms with van der Waals surface area (Å²) in [6.07, 6.45) is 3.04. The van der Waals surface area contributed by atoms with E-state index in [-0.39, 0.29) is 5.97 Å². The zero-order chi connectivity index (χ0) is 13.3. The fourth-order valence-electron chi connectivity index (χ4n) is 1.92. The number of carbonyl (C=O) groups excluding carboxylic acids is 1. The number of nitrogens with zero attached hydrogens (tertiary/aromatic N) is 3. The summed E-state index contributed by atoms with van der Waals surface area (Å²) in [5, 5.41) is 3.88. The van der Waals surface area contributed by atoms with Crippen molar-refractivity contribution < 1.29 is 14.1 Å². The van der Waals surface area contributed by atoms with Gasteiger partial charge in [-0.05, 0) is 31.9 Å². The molecule has 0 aromatic carbocycles. The monoisotopic (exact) mass is 259 g/mol. The van der Waals surface area contributed by atoms with Crippen LogP contribution < -0.4 is 0 Å². The Hall–Kier alpha value is -2.24.